The summed E-state index contributed by atoms with van der Waals surface area (Å²) in [5.41, 5.74) is 1.20. The van der Waals surface area contributed by atoms with Crippen LogP contribution in [0.15, 0.2) is 30.3 Å². The monoisotopic (exact) mass is 278 g/mol. The summed E-state index contributed by atoms with van der Waals surface area (Å²) in [5.74, 6) is -2.51. The van der Waals surface area contributed by atoms with Crippen molar-refractivity contribution in [1.29, 1.82) is 0 Å². The summed E-state index contributed by atoms with van der Waals surface area (Å²) in [5, 5.41) is 11.8. The largest absolute Gasteiger partial charge is 0.478 e. The summed E-state index contributed by atoms with van der Waals surface area (Å²) in [7, 11) is 0. The fourth-order valence-corrected chi connectivity index (χ4v) is 1.72. The molecule has 0 fully saturated rings. The van der Waals surface area contributed by atoms with Crippen molar-refractivity contribution >= 4 is 11.8 Å². The van der Waals surface area contributed by atoms with Crippen LogP contribution in [0.2, 0.25) is 0 Å². The van der Waals surface area contributed by atoms with E-state index in [0.29, 0.717) is 17.1 Å². The lowest BCUT2D eigenvalue weighted by Gasteiger charge is -2.08. The Morgan fingerprint density at radius 2 is 2.00 bits per heavy atom. The molecule has 0 aliphatic carbocycles. The first-order valence-corrected chi connectivity index (χ1v) is 5.85. The number of hydrogen-bond donors (Lipinski definition) is 2. The van der Waals surface area contributed by atoms with Crippen LogP contribution < -0.4 is 5.32 Å². The smallest absolute Gasteiger partial charge is 0.335 e. The van der Waals surface area contributed by atoms with Gasteiger partial charge in [-0.1, -0.05) is 6.07 Å². The fourth-order valence-electron chi connectivity index (χ4n) is 1.72. The van der Waals surface area contributed by atoms with Crippen LogP contribution in [-0.2, 0) is 6.54 Å². The van der Waals surface area contributed by atoms with Crippen LogP contribution in [0.25, 0.3) is 0 Å². The Kier molecular flexibility index (Phi) is 3.93. The molecule has 0 spiro atoms. The van der Waals surface area contributed by atoms with Crippen molar-refractivity contribution in [3.63, 3.8) is 0 Å². The third-order valence-electron chi connectivity index (χ3n) is 2.66. The number of hydrogen-bond acceptors (Lipinski definition) is 3. The zero-order chi connectivity index (χ0) is 14.7. The molecule has 1 aromatic carbocycles. The Morgan fingerprint density at radius 1 is 1.25 bits per heavy atom. The molecule has 2 N–H and O–H groups in total. The third kappa shape index (κ3) is 3.28. The van der Waals surface area contributed by atoms with Crippen LogP contribution >= 0.6 is 0 Å². The minimum absolute atomic E-state index is 0.116. The van der Waals surface area contributed by atoms with Gasteiger partial charge in [-0.2, -0.15) is 0 Å². The molecule has 2 aromatic rings. The predicted octanol–water partition coefficient (Wildman–Crippen LogP) is 2.98. The number of aromatic nitrogens is 1. The van der Waals surface area contributed by atoms with Gasteiger partial charge in [0, 0.05) is 12.2 Å². The summed E-state index contributed by atoms with van der Waals surface area (Å²) < 4.78 is 25.8. The molecule has 0 saturated carbocycles. The van der Waals surface area contributed by atoms with Gasteiger partial charge >= 0.3 is 5.97 Å². The molecule has 1 heterocycles. The Balaban J connectivity index is 2.14. The third-order valence-corrected chi connectivity index (χ3v) is 2.66. The predicted molar refractivity (Wildman–Crippen MR) is 69.6 cm³/mol. The van der Waals surface area contributed by atoms with Crippen LogP contribution in [0.1, 0.15) is 21.6 Å². The average molecular weight is 278 g/mol. The summed E-state index contributed by atoms with van der Waals surface area (Å²) in [4.78, 5) is 15.0. The van der Waals surface area contributed by atoms with Crippen LogP contribution in [0.4, 0.5) is 14.6 Å². The van der Waals surface area contributed by atoms with E-state index in [1.807, 2.05) is 0 Å². The number of carboxylic acid groups (broad SMARTS) is 1. The van der Waals surface area contributed by atoms with E-state index in [2.05, 4.69) is 10.3 Å². The number of benzene rings is 1. The summed E-state index contributed by atoms with van der Waals surface area (Å²) in [6.45, 7) is 1.89. The molecule has 6 heteroatoms. The molecule has 0 unspecified atom stereocenters. The van der Waals surface area contributed by atoms with E-state index in [0.717, 1.165) is 12.1 Å². The highest BCUT2D eigenvalue weighted by Crippen LogP contribution is 2.13. The molecule has 0 atom stereocenters. The molecule has 0 bridgehead atoms. The van der Waals surface area contributed by atoms with Crippen molar-refractivity contribution in [3.05, 3.63) is 58.8 Å². The zero-order valence-corrected chi connectivity index (χ0v) is 10.7. The quantitative estimate of drug-likeness (QED) is 0.902. The van der Waals surface area contributed by atoms with E-state index in [1.54, 1.807) is 6.92 Å². The zero-order valence-electron chi connectivity index (χ0n) is 10.7. The van der Waals surface area contributed by atoms with E-state index in [9.17, 15) is 13.6 Å². The summed E-state index contributed by atoms with van der Waals surface area (Å²) in [6.07, 6.45) is 0. The average Bonchev–Trinajstić information content (AvgIpc) is 2.39. The number of anilines is 1. The number of nitrogens with one attached hydrogen (secondary N) is 1. The SMILES string of the molecule is Cc1cc(C(=O)O)cc(NCc2ccc(F)c(F)c2)n1. The molecule has 104 valence electrons. The van der Waals surface area contributed by atoms with Crippen molar-refractivity contribution in [2.45, 2.75) is 13.5 Å². The molecule has 20 heavy (non-hydrogen) atoms. The van der Waals surface area contributed by atoms with Gasteiger partial charge in [-0.15, -0.1) is 0 Å². The van der Waals surface area contributed by atoms with Crippen molar-refractivity contribution in [2.75, 3.05) is 5.32 Å². The van der Waals surface area contributed by atoms with E-state index < -0.39 is 17.6 Å². The Morgan fingerprint density at radius 3 is 2.65 bits per heavy atom. The summed E-state index contributed by atoms with van der Waals surface area (Å²) >= 11 is 0. The number of halogens is 2. The van der Waals surface area contributed by atoms with Crippen LogP contribution in [0.3, 0.4) is 0 Å². The Hall–Kier alpha value is -2.50. The van der Waals surface area contributed by atoms with Crippen molar-refractivity contribution < 1.29 is 18.7 Å². The maximum atomic E-state index is 13.0. The van der Waals surface area contributed by atoms with Crippen molar-refractivity contribution in [2.24, 2.45) is 0 Å². The Bertz CT molecular complexity index is 660. The second kappa shape index (κ2) is 5.64. The number of aromatic carboxylic acids is 1. The maximum absolute atomic E-state index is 13.0. The molecule has 0 saturated heterocycles. The lowest BCUT2D eigenvalue weighted by molar-refractivity contribution is 0.0696. The normalized spacial score (nSPS) is 10.3. The fraction of sp³-hybridized carbons (Fsp3) is 0.143. The first kappa shape index (κ1) is 13.9. The highest BCUT2D eigenvalue weighted by Gasteiger charge is 2.07. The van der Waals surface area contributed by atoms with Gasteiger partial charge in [0.15, 0.2) is 11.6 Å². The van der Waals surface area contributed by atoms with E-state index in [-0.39, 0.29) is 12.1 Å². The molecular formula is C14H12F2N2O2. The van der Waals surface area contributed by atoms with Gasteiger partial charge < -0.3 is 10.4 Å². The maximum Gasteiger partial charge on any atom is 0.335 e. The molecule has 0 amide bonds. The minimum Gasteiger partial charge on any atom is -0.478 e. The van der Waals surface area contributed by atoms with Crippen LogP contribution in [0.5, 0.6) is 0 Å². The number of carbonyl (C=O) groups is 1. The minimum atomic E-state index is -1.05. The van der Waals surface area contributed by atoms with Crippen molar-refractivity contribution in [1.82, 2.24) is 4.98 Å². The Labute approximate surface area is 114 Å². The van der Waals surface area contributed by atoms with Gasteiger partial charge in [0.2, 0.25) is 0 Å². The molecular weight excluding hydrogens is 266 g/mol. The van der Waals surface area contributed by atoms with E-state index >= 15 is 0 Å². The van der Waals surface area contributed by atoms with E-state index in [4.69, 9.17) is 5.11 Å². The topological polar surface area (TPSA) is 62.2 Å². The number of carboxylic acids is 1. The molecule has 2 rings (SSSR count). The van der Waals surface area contributed by atoms with Crippen molar-refractivity contribution in [3.8, 4) is 0 Å². The number of pyridine rings is 1. The van der Waals surface area contributed by atoms with Gasteiger partial charge in [-0.25, -0.2) is 18.6 Å². The lowest BCUT2D eigenvalue weighted by atomic mass is 10.2. The molecule has 4 nitrogen and oxygen atoms in total. The number of aryl methyl sites for hydroxylation is 1. The highest BCUT2D eigenvalue weighted by molar-refractivity contribution is 5.88. The second-order valence-corrected chi connectivity index (χ2v) is 4.29. The van der Waals surface area contributed by atoms with Gasteiger partial charge in [0.25, 0.3) is 0 Å². The molecule has 1 aromatic heterocycles. The van der Waals surface area contributed by atoms with E-state index in [1.165, 1.54) is 18.2 Å². The molecule has 0 aliphatic rings. The number of rotatable bonds is 4. The standard InChI is InChI=1S/C14H12F2N2O2/c1-8-4-10(14(19)20)6-13(18-8)17-7-9-2-3-11(15)12(16)5-9/h2-6H,7H2,1H3,(H,17,18)(H,19,20). The molecule has 0 radical (unpaired) electrons. The molecule has 0 aliphatic heterocycles. The first-order valence-electron chi connectivity index (χ1n) is 5.85. The van der Waals surface area contributed by atoms with Gasteiger partial charge in [0.1, 0.15) is 5.82 Å². The van der Waals surface area contributed by atoms with Crippen LogP contribution in [0, 0.1) is 18.6 Å². The van der Waals surface area contributed by atoms with Gasteiger partial charge in [-0.05, 0) is 36.8 Å². The number of nitrogens with zero attached hydrogens (tertiary/aromatic N) is 1. The van der Waals surface area contributed by atoms with Gasteiger partial charge in [-0.3, -0.25) is 0 Å². The first-order chi connectivity index (χ1) is 9.45. The van der Waals surface area contributed by atoms with Crippen LogP contribution in [-0.4, -0.2) is 16.1 Å². The lowest BCUT2D eigenvalue weighted by Crippen LogP contribution is -2.05. The second-order valence-electron chi connectivity index (χ2n) is 4.29. The van der Waals surface area contributed by atoms with Gasteiger partial charge in [0.05, 0.1) is 5.56 Å². The summed E-state index contributed by atoms with van der Waals surface area (Å²) in [6, 6.07) is 6.40. The highest BCUT2D eigenvalue weighted by atomic mass is 19.2.